The summed E-state index contributed by atoms with van der Waals surface area (Å²) in [6.07, 6.45) is 4.78. The minimum atomic E-state index is -0.484. The SMILES string of the molecule is CC(=O)Nc1nc(F)c(CN2CCC[C@H](Cc3cc(C)ncn3)C2)s1. The van der Waals surface area contributed by atoms with Crippen LogP contribution in [0.25, 0.3) is 0 Å². The number of thiazole rings is 1. The third kappa shape index (κ3) is 5.02. The summed E-state index contributed by atoms with van der Waals surface area (Å²) in [7, 11) is 0. The Morgan fingerprint density at radius 2 is 2.32 bits per heavy atom. The average molecular weight is 363 g/mol. The summed E-state index contributed by atoms with van der Waals surface area (Å²) < 4.78 is 14.0. The molecule has 0 aromatic carbocycles. The standard InChI is InChI=1S/C17H22FN5OS/c1-11-6-14(20-10-19-11)7-13-4-3-5-23(8-13)9-15-16(18)22-17(25-15)21-12(2)24/h6,10,13H,3-5,7-9H2,1-2H3,(H,21,22,24)/t13-/m1/s1. The Morgan fingerprint density at radius 3 is 3.08 bits per heavy atom. The molecule has 8 heteroatoms. The summed E-state index contributed by atoms with van der Waals surface area (Å²) in [5.41, 5.74) is 2.05. The molecule has 2 aromatic rings. The van der Waals surface area contributed by atoms with Crippen molar-refractivity contribution < 1.29 is 9.18 Å². The first-order valence-electron chi connectivity index (χ1n) is 8.42. The molecule has 1 aliphatic rings. The van der Waals surface area contributed by atoms with E-state index in [1.165, 1.54) is 18.3 Å². The lowest BCUT2D eigenvalue weighted by molar-refractivity contribution is -0.114. The Labute approximate surface area is 150 Å². The van der Waals surface area contributed by atoms with Gasteiger partial charge in [0, 0.05) is 31.4 Å². The Bertz CT molecular complexity index is 750. The predicted octanol–water partition coefficient (Wildman–Crippen LogP) is 2.79. The number of carbonyl (C=O) groups is 1. The molecule has 1 saturated heterocycles. The molecule has 1 amide bonds. The third-order valence-corrected chi connectivity index (χ3v) is 5.19. The summed E-state index contributed by atoms with van der Waals surface area (Å²) in [6.45, 7) is 5.75. The van der Waals surface area contributed by atoms with E-state index in [9.17, 15) is 9.18 Å². The Morgan fingerprint density at radius 1 is 1.48 bits per heavy atom. The predicted molar refractivity (Wildman–Crippen MR) is 94.8 cm³/mol. The molecule has 1 aliphatic heterocycles. The quantitative estimate of drug-likeness (QED) is 0.884. The normalized spacial score (nSPS) is 18.3. The first kappa shape index (κ1) is 17.9. The summed E-state index contributed by atoms with van der Waals surface area (Å²) in [4.78, 5) is 26.2. The summed E-state index contributed by atoms with van der Waals surface area (Å²) in [6, 6.07) is 2.03. The highest BCUT2D eigenvalue weighted by Crippen LogP contribution is 2.26. The number of hydrogen-bond acceptors (Lipinski definition) is 6. The molecular weight excluding hydrogens is 341 g/mol. The van der Waals surface area contributed by atoms with E-state index in [0.29, 0.717) is 22.5 Å². The number of anilines is 1. The van der Waals surface area contributed by atoms with Crippen LogP contribution in [0.5, 0.6) is 0 Å². The highest BCUT2D eigenvalue weighted by molar-refractivity contribution is 7.15. The molecule has 1 fully saturated rings. The number of halogens is 1. The van der Waals surface area contributed by atoms with Gasteiger partial charge >= 0.3 is 0 Å². The maximum atomic E-state index is 14.0. The largest absolute Gasteiger partial charge is 0.302 e. The van der Waals surface area contributed by atoms with Crippen molar-refractivity contribution in [2.45, 2.75) is 39.7 Å². The first-order valence-corrected chi connectivity index (χ1v) is 9.24. The van der Waals surface area contributed by atoms with Gasteiger partial charge in [0.15, 0.2) is 5.13 Å². The first-order chi connectivity index (χ1) is 12.0. The van der Waals surface area contributed by atoms with Gasteiger partial charge in [-0.1, -0.05) is 11.3 Å². The molecule has 0 bridgehead atoms. The lowest BCUT2D eigenvalue weighted by Gasteiger charge is -2.32. The zero-order valence-electron chi connectivity index (χ0n) is 14.5. The van der Waals surface area contributed by atoms with Gasteiger partial charge in [-0.15, -0.1) is 0 Å². The van der Waals surface area contributed by atoms with Gasteiger partial charge in [-0.3, -0.25) is 9.69 Å². The van der Waals surface area contributed by atoms with Crippen molar-refractivity contribution in [3.05, 3.63) is 34.6 Å². The van der Waals surface area contributed by atoms with E-state index in [1.54, 1.807) is 6.33 Å². The fraction of sp³-hybridized carbons (Fsp3) is 0.529. The molecule has 0 saturated carbocycles. The number of amides is 1. The third-order valence-electron chi connectivity index (χ3n) is 4.26. The molecule has 0 spiro atoms. The van der Waals surface area contributed by atoms with Crippen LogP contribution in [0.1, 0.15) is 36.0 Å². The Kier molecular flexibility index (Phi) is 5.70. The van der Waals surface area contributed by atoms with Gasteiger partial charge in [0.05, 0.1) is 4.88 Å². The van der Waals surface area contributed by atoms with Crippen molar-refractivity contribution in [1.29, 1.82) is 0 Å². The van der Waals surface area contributed by atoms with Gasteiger partial charge in [-0.05, 0) is 44.7 Å². The second kappa shape index (κ2) is 7.97. The van der Waals surface area contributed by atoms with Crippen LogP contribution in [0.3, 0.4) is 0 Å². The van der Waals surface area contributed by atoms with Gasteiger partial charge in [0.2, 0.25) is 11.9 Å². The van der Waals surface area contributed by atoms with Crippen LogP contribution in [-0.2, 0) is 17.8 Å². The highest BCUT2D eigenvalue weighted by atomic mass is 32.1. The fourth-order valence-electron chi connectivity index (χ4n) is 3.22. The van der Waals surface area contributed by atoms with Crippen LogP contribution in [0.15, 0.2) is 12.4 Å². The van der Waals surface area contributed by atoms with Crippen LogP contribution in [-0.4, -0.2) is 38.8 Å². The molecule has 0 aliphatic carbocycles. The van der Waals surface area contributed by atoms with Crippen molar-refractivity contribution >= 4 is 22.4 Å². The summed E-state index contributed by atoms with van der Waals surface area (Å²) in [5, 5.41) is 2.87. The summed E-state index contributed by atoms with van der Waals surface area (Å²) in [5.74, 6) is -0.213. The number of piperidine rings is 1. The van der Waals surface area contributed by atoms with Gasteiger partial charge in [-0.25, -0.2) is 9.97 Å². The number of nitrogens with zero attached hydrogens (tertiary/aromatic N) is 4. The van der Waals surface area contributed by atoms with Gasteiger partial charge < -0.3 is 5.32 Å². The fourth-order valence-corrected chi connectivity index (χ4v) is 4.15. The van der Waals surface area contributed by atoms with Gasteiger partial charge in [-0.2, -0.15) is 9.37 Å². The Balaban J connectivity index is 1.60. The zero-order valence-corrected chi connectivity index (χ0v) is 15.3. The van der Waals surface area contributed by atoms with Crippen LogP contribution in [0.4, 0.5) is 9.52 Å². The molecule has 6 nitrogen and oxygen atoms in total. The van der Waals surface area contributed by atoms with E-state index in [1.807, 2.05) is 13.0 Å². The number of hydrogen-bond donors (Lipinski definition) is 1. The van der Waals surface area contributed by atoms with E-state index in [-0.39, 0.29) is 5.91 Å². The lowest BCUT2D eigenvalue weighted by Crippen LogP contribution is -2.35. The molecule has 3 heterocycles. The second-order valence-electron chi connectivity index (χ2n) is 6.51. The van der Waals surface area contributed by atoms with Crippen LogP contribution < -0.4 is 5.32 Å². The number of aromatic nitrogens is 3. The lowest BCUT2D eigenvalue weighted by atomic mass is 9.93. The van der Waals surface area contributed by atoms with Crippen molar-refractivity contribution in [2.24, 2.45) is 5.92 Å². The molecule has 134 valence electrons. The van der Waals surface area contributed by atoms with Crippen LogP contribution in [0, 0.1) is 18.8 Å². The molecule has 3 rings (SSSR count). The van der Waals surface area contributed by atoms with Crippen LogP contribution in [0.2, 0.25) is 0 Å². The number of carbonyl (C=O) groups excluding carboxylic acids is 1. The smallest absolute Gasteiger partial charge is 0.230 e. The van der Waals surface area contributed by atoms with E-state index < -0.39 is 5.95 Å². The number of likely N-dealkylation sites (tertiary alicyclic amines) is 1. The van der Waals surface area contributed by atoms with E-state index in [2.05, 4.69) is 25.2 Å². The minimum Gasteiger partial charge on any atom is -0.302 e. The zero-order chi connectivity index (χ0) is 17.8. The number of rotatable bonds is 5. The molecule has 1 N–H and O–H groups in total. The van der Waals surface area contributed by atoms with Gasteiger partial charge in [0.1, 0.15) is 6.33 Å². The van der Waals surface area contributed by atoms with Crippen molar-refractivity contribution in [1.82, 2.24) is 19.9 Å². The Hall–Kier alpha value is -1.93. The maximum Gasteiger partial charge on any atom is 0.230 e. The molecular formula is C17H22FN5OS. The molecule has 2 aromatic heterocycles. The van der Waals surface area contributed by atoms with Crippen molar-refractivity contribution in [3.8, 4) is 0 Å². The minimum absolute atomic E-state index is 0.238. The van der Waals surface area contributed by atoms with Crippen molar-refractivity contribution in [2.75, 3.05) is 18.4 Å². The molecule has 25 heavy (non-hydrogen) atoms. The van der Waals surface area contributed by atoms with Gasteiger partial charge in [0.25, 0.3) is 0 Å². The van der Waals surface area contributed by atoms with Crippen LogP contribution >= 0.6 is 11.3 Å². The van der Waals surface area contributed by atoms with E-state index in [0.717, 1.165) is 43.7 Å². The monoisotopic (exact) mass is 363 g/mol. The second-order valence-corrected chi connectivity index (χ2v) is 7.60. The maximum absolute atomic E-state index is 14.0. The number of aryl methyl sites for hydroxylation is 1. The average Bonchev–Trinajstić information content (AvgIpc) is 2.86. The molecule has 0 unspecified atom stereocenters. The highest BCUT2D eigenvalue weighted by Gasteiger charge is 2.23. The van der Waals surface area contributed by atoms with E-state index >= 15 is 0 Å². The van der Waals surface area contributed by atoms with Crippen molar-refractivity contribution in [3.63, 3.8) is 0 Å². The number of nitrogens with one attached hydrogen (secondary N) is 1. The molecule has 0 radical (unpaired) electrons. The van der Waals surface area contributed by atoms with E-state index in [4.69, 9.17) is 0 Å². The molecule has 1 atom stereocenters. The topological polar surface area (TPSA) is 71.0 Å². The summed E-state index contributed by atoms with van der Waals surface area (Å²) >= 11 is 1.21.